The molecule has 6 heteroatoms. The van der Waals surface area contributed by atoms with Crippen molar-refractivity contribution < 1.29 is 28.9 Å². The third kappa shape index (κ3) is 2.47. The quantitative estimate of drug-likeness (QED) is 0.587. The second-order valence-corrected chi connectivity index (χ2v) is 5.83. The lowest BCUT2D eigenvalue weighted by molar-refractivity contribution is -0.194. The van der Waals surface area contributed by atoms with Gasteiger partial charge in [0.25, 0.3) is 0 Å². The van der Waals surface area contributed by atoms with Gasteiger partial charge in [-0.15, -0.1) is 0 Å². The average Bonchev–Trinajstić information content (AvgIpc) is 2.52. The Hall–Kier alpha value is -1.14. The van der Waals surface area contributed by atoms with Crippen molar-refractivity contribution >= 4 is 11.9 Å². The molecule has 2 heterocycles. The maximum Gasteiger partial charge on any atom is 0.333 e. The van der Waals surface area contributed by atoms with Crippen LogP contribution < -0.4 is 0 Å². The molecule has 19 heavy (non-hydrogen) atoms. The molecule has 4 aliphatic rings. The summed E-state index contributed by atoms with van der Waals surface area (Å²) in [7, 11) is 0. The Bertz CT molecular complexity index is 395. The highest BCUT2D eigenvalue weighted by Gasteiger charge is 2.53. The summed E-state index contributed by atoms with van der Waals surface area (Å²) >= 11 is 0. The van der Waals surface area contributed by atoms with Crippen LogP contribution in [0.5, 0.6) is 0 Å². The number of fused-ring (bicyclic) bond motifs is 1. The minimum Gasteiger partial charge on any atom is -0.462 e. The van der Waals surface area contributed by atoms with Crippen molar-refractivity contribution in [1.82, 2.24) is 0 Å². The van der Waals surface area contributed by atoms with Crippen LogP contribution >= 0.6 is 0 Å². The first kappa shape index (κ1) is 12.9. The molecule has 0 aromatic carbocycles. The summed E-state index contributed by atoms with van der Waals surface area (Å²) in [6, 6.07) is 0. The normalized spacial score (nSPS) is 39.8. The van der Waals surface area contributed by atoms with Crippen molar-refractivity contribution in [2.75, 3.05) is 13.4 Å². The Morgan fingerprint density at radius 3 is 3.00 bits per heavy atom. The van der Waals surface area contributed by atoms with E-state index in [-0.39, 0.29) is 24.8 Å². The highest BCUT2D eigenvalue weighted by molar-refractivity contribution is 5.73. The van der Waals surface area contributed by atoms with Gasteiger partial charge in [0.15, 0.2) is 6.79 Å². The summed E-state index contributed by atoms with van der Waals surface area (Å²) in [4.78, 5) is 22.7. The monoisotopic (exact) mass is 270 g/mol. The second-order valence-electron chi connectivity index (χ2n) is 5.83. The van der Waals surface area contributed by atoms with Crippen LogP contribution in [0.4, 0.5) is 0 Å². The average molecular weight is 270 g/mol. The van der Waals surface area contributed by atoms with E-state index in [1.54, 1.807) is 0 Å². The number of aliphatic hydroxyl groups excluding tert-OH is 1. The van der Waals surface area contributed by atoms with Crippen LogP contribution in [0.3, 0.4) is 0 Å². The molecule has 4 atom stereocenters. The van der Waals surface area contributed by atoms with Gasteiger partial charge in [0.1, 0.15) is 12.7 Å². The SMILES string of the molecule is O=C(CO)OCOC12CC3CC(C1)OC(=O)C(C3)C2. The molecule has 4 fully saturated rings. The number of carbonyl (C=O) groups excluding carboxylic acids is 2. The molecule has 2 aliphatic carbocycles. The van der Waals surface area contributed by atoms with E-state index < -0.39 is 18.2 Å². The molecule has 4 bridgehead atoms. The number of esters is 2. The minimum atomic E-state index is -0.699. The number of hydrogen-bond donors (Lipinski definition) is 1. The maximum absolute atomic E-state index is 11.8. The smallest absolute Gasteiger partial charge is 0.333 e. The molecule has 0 aromatic rings. The van der Waals surface area contributed by atoms with Gasteiger partial charge in [0, 0.05) is 6.42 Å². The third-order valence-electron chi connectivity index (χ3n) is 4.42. The first-order valence-electron chi connectivity index (χ1n) is 6.71. The third-order valence-corrected chi connectivity index (χ3v) is 4.42. The van der Waals surface area contributed by atoms with E-state index in [4.69, 9.17) is 19.3 Å². The Morgan fingerprint density at radius 2 is 2.21 bits per heavy atom. The highest BCUT2D eigenvalue weighted by atomic mass is 16.7. The molecule has 2 aliphatic heterocycles. The van der Waals surface area contributed by atoms with E-state index in [9.17, 15) is 9.59 Å². The van der Waals surface area contributed by atoms with Crippen molar-refractivity contribution in [3.63, 3.8) is 0 Å². The lowest BCUT2D eigenvalue weighted by Gasteiger charge is -2.45. The predicted octanol–water partition coefficient (Wildman–Crippen LogP) is 0.370. The van der Waals surface area contributed by atoms with E-state index in [2.05, 4.69) is 0 Å². The summed E-state index contributed by atoms with van der Waals surface area (Å²) in [5.41, 5.74) is -0.404. The fraction of sp³-hybridized carbons (Fsp3) is 0.846. The lowest BCUT2D eigenvalue weighted by atomic mass is 9.65. The van der Waals surface area contributed by atoms with Crippen LogP contribution in [0.1, 0.15) is 32.1 Å². The van der Waals surface area contributed by atoms with Gasteiger partial charge in [-0.1, -0.05) is 0 Å². The zero-order valence-electron chi connectivity index (χ0n) is 10.7. The Kier molecular flexibility index (Phi) is 3.22. The predicted molar refractivity (Wildman–Crippen MR) is 61.8 cm³/mol. The van der Waals surface area contributed by atoms with Crippen LogP contribution in [0.15, 0.2) is 0 Å². The molecule has 1 N–H and O–H groups in total. The van der Waals surface area contributed by atoms with Crippen molar-refractivity contribution in [3.05, 3.63) is 0 Å². The summed E-state index contributed by atoms with van der Waals surface area (Å²) < 4.78 is 16.0. The number of ether oxygens (including phenoxy) is 3. The molecule has 0 aromatic heterocycles. The molecule has 0 radical (unpaired) electrons. The van der Waals surface area contributed by atoms with Gasteiger partial charge < -0.3 is 19.3 Å². The molecule has 0 amide bonds. The van der Waals surface area contributed by atoms with E-state index in [1.165, 1.54) is 0 Å². The molecular weight excluding hydrogens is 252 g/mol. The zero-order chi connectivity index (χ0) is 13.5. The summed E-state index contributed by atoms with van der Waals surface area (Å²) in [6.45, 7) is -0.814. The summed E-state index contributed by atoms with van der Waals surface area (Å²) in [6.07, 6.45) is 3.97. The van der Waals surface area contributed by atoms with Gasteiger partial charge in [-0.05, 0) is 31.6 Å². The summed E-state index contributed by atoms with van der Waals surface area (Å²) in [5, 5.41) is 8.58. The van der Waals surface area contributed by atoms with E-state index in [0.717, 1.165) is 19.3 Å². The van der Waals surface area contributed by atoms with E-state index in [0.29, 0.717) is 18.8 Å². The van der Waals surface area contributed by atoms with Crippen molar-refractivity contribution in [2.45, 2.75) is 43.8 Å². The van der Waals surface area contributed by atoms with Gasteiger partial charge in [-0.2, -0.15) is 0 Å². The van der Waals surface area contributed by atoms with Crippen molar-refractivity contribution in [2.24, 2.45) is 11.8 Å². The molecule has 2 saturated carbocycles. The Balaban J connectivity index is 1.67. The van der Waals surface area contributed by atoms with Gasteiger partial charge in [-0.3, -0.25) is 4.79 Å². The fourth-order valence-electron chi connectivity index (χ4n) is 3.82. The van der Waals surface area contributed by atoms with Crippen LogP contribution in [-0.2, 0) is 23.8 Å². The maximum atomic E-state index is 11.8. The van der Waals surface area contributed by atoms with Crippen LogP contribution in [0.2, 0.25) is 0 Å². The molecule has 2 saturated heterocycles. The first-order valence-corrected chi connectivity index (χ1v) is 6.71. The molecule has 6 nitrogen and oxygen atoms in total. The lowest BCUT2D eigenvalue weighted by Crippen LogP contribution is -2.47. The summed E-state index contributed by atoms with van der Waals surface area (Å²) in [5.74, 6) is -0.433. The molecular formula is C13H18O6. The molecule has 4 unspecified atom stereocenters. The molecule has 0 spiro atoms. The highest BCUT2D eigenvalue weighted by Crippen LogP contribution is 2.51. The Morgan fingerprint density at radius 1 is 1.37 bits per heavy atom. The number of rotatable bonds is 4. The topological polar surface area (TPSA) is 82.1 Å². The standard InChI is InChI=1S/C13H18O6/c14-6-11(15)17-7-18-13-3-8-1-9(4-13)12(16)19-10(2-8)5-13/h8-10,14H,1-7H2. The second kappa shape index (κ2) is 4.76. The van der Waals surface area contributed by atoms with Gasteiger partial charge >= 0.3 is 11.9 Å². The zero-order valence-corrected chi connectivity index (χ0v) is 10.7. The first-order chi connectivity index (χ1) is 9.10. The van der Waals surface area contributed by atoms with Gasteiger partial charge in [0.05, 0.1) is 11.5 Å². The van der Waals surface area contributed by atoms with Gasteiger partial charge in [-0.25, -0.2) is 4.79 Å². The fourth-order valence-corrected chi connectivity index (χ4v) is 3.82. The molecule has 4 rings (SSSR count). The minimum absolute atomic E-state index is 0.0627. The van der Waals surface area contributed by atoms with Crippen LogP contribution in [0, 0.1) is 11.8 Å². The number of aliphatic hydroxyl groups is 1. The van der Waals surface area contributed by atoms with Crippen molar-refractivity contribution in [1.29, 1.82) is 0 Å². The van der Waals surface area contributed by atoms with Crippen LogP contribution in [-0.4, -0.2) is 42.1 Å². The Labute approximate surface area is 111 Å². The van der Waals surface area contributed by atoms with E-state index in [1.807, 2.05) is 0 Å². The molecule has 106 valence electrons. The van der Waals surface area contributed by atoms with Gasteiger partial charge in [0.2, 0.25) is 0 Å². The van der Waals surface area contributed by atoms with Crippen LogP contribution in [0.25, 0.3) is 0 Å². The number of carbonyl (C=O) groups is 2. The number of hydrogen-bond acceptors (Lipinski definition) is 6. The van der Waals surface area contributed by atoms with Crippen molar-refractivity contribution in [3.8, 4) is 0 Å². The van der Waals surface area contributed by atoms with E-state index >= 15 is 0 Å². The largest absolute Gasteiger partial charge is 0.462 e.